The van der Waals surface area contributed by atoms with Gasteiger partial charge in [0.1, 0.15) is 11.8 Å². The molecule has 1 saturated heterocycles. The van der Waals surface area contributed by atoms with Gasteiger partial charge in [-0.2, -0.15) is 0 Å². The molecule has 1 aliphatic heterocycles. The van der Waals surface area contributed by atoms with E-state index in [0.717, 1.165) is 6.29 Å². The standard InChI is InChI=1S/C11H19NO4/c1-3-16-10(15)11(5-4-6-13)7-9(14)8-12(11)2/h6,9,14H,3-5,7-8H2,1-2H3. The molecule has 0 aromatic heterocycles. The molecule has 1 heterocycles. The summed E-state index contributed by atoms with van der Waals surface area (Å²) < 4.78 is 5.04. The van der Waals surface area contributed by atoms with E-state index >= 15 is 0 Å². The topological polar surface area (TPSA) is 66.8 Å². The molecule has 0 spiro atoms. The average molecular weight is 229 g/mol. The summed E-state index contributed by atoms with van der Waals surface area (Å²) in [6, 6.07) is 0. The number of aliphatic hydroxyl groups excluding tert-OH is 1. The van der Waals surface area contributed by atoms with Crippen LogP contribution in [0.2, 0.25) is 0 Å². The van der Waals surface area contributed by atoms with Crippen LogP contribution in [0.25, 0.3) is 0 Å². The third-order valence-corrected chi connectivity index (χ3v) is 3.12. The van der Waals surface area contributed by atoms with Gasteiger partial charge < -0.3 is 14.6 Å². The molecule has 0 bridgehead atoms. The number of nitrogens with zero attached hydrogens (tertiary/aromatic N) is 1. The van der Waals surface area contributed by atoms with Gasteiger partial charge in [0.2, 0.25) is 0 Å². The molecule has 5 heteroatoms. The third-order valence-electron chi connectivity index (χ3n) is 3.12. The van der Waals surface area contributed by atoms with E-state index in [0.29, 0.717) is 32.4 Å². The van der Waals surface area contributed by atoms with E-state index < -0.39 is 11.6 Å². The van der Waals surface area contributed by atoms with Gasteiger partial charge in [-0.15, -0.1) is 0 Å². The Labute approximate surface area is 95.4 Å². The number of carbonyl (C=O) groups is 2. The molecule has 2 unspecified atom stereocenters. The molecule has 92 valence electrons. The van der Waals surface area contributed by atoms with Crippen LogP contribution in [0.1, 0.15) is 26.2 Å². The van der Waals surface area contributed by atoms with Gasteiger partial charge in [-0.25, -0.2) is 0 Å². The van der Waals surface area contributed by atoms with Gasteiger partial charge in [-0.05, 0) is 20.4 Å². The van der Waals surface area contributed by atoms with Crippen molar-refractivity contribution in [2.75, 3.05) is 20.2 Å². The number of likely N-dealkylation sites (tertiary alicyclic amines) is 1. The van der Waals surface area contributed by atoms with Gasteiger partial charge in [0.15, 0.2) is 0 Å². The van der Waals surface area contributed by atoms with Crippen LogP contribution in [0, 0.1) is 0 Å². The molecule has 1 rings (SSSR count). The summed E-state index contributed by atoms with van der Waals surface area (Å²) in [6.45, 7) is 2.50. The molecule has 5 nitrogen and oxygen atoms in total. The summed E-state index contributed by atoms with van der Waals surface area (Å²) in [7, 11) is 1.78. The highest BCUT2D eigenvalue weighted by molar-refractivity contribution is 5.81. The first-order valence-electron chi connectivity index (χ1n) is 5.57. The Morgan fingerprint density at radius 2 is 2.38 bits per heavy atom. The van der Waals surface area contributed by atoms with Crippen LogP contribution in [0.4, 0.5) is 0 Å². The van der Waals surface area contributed by atoms with E-state index in [9.17, 15) is 14.7 Å². The van der Waals surface area contributed by atoms with Gasteiger partial charge in [-0.1, -0.05) is 0 Å². The lowest BCUT2D eigenvalue weighted by molar-refractivity contribution is -0.156. The number of β-amino-alcohol motifs (C(OH)–C–C–N with tert-alkyl or cyclic N) is 1. The molecule has 16 heavy (non-hydrogen) atoms. The van der Waals surface area contributed by atoms with Gasteiger partial charge in [-0.3, -0.25) is 9.69 Å². The van der Waals surface area contributed by atoms with Crippen molar-refractivity contribution < 1.29 is 19.4 Å². The molecule has 1 N–H and O–H groups in total. The van der Waals surface area contributed by atoms with Crippen molar-refractivity contribution in [1.29, 1.82) is 0 Å². The number of aldehydes is 1. The highest BCUT2D eigenvalue weighted by Crippen LogP contribution is 2.33. The van der Waals surface area contributed by atoms with E-state index in [1.54, 1.807) is 18.9 Å². The first-order valence-corrected chi connectivity index (χ1v) is 5.57. The maximum Gasteiger partial charge on any atom is 0.326 e. The van der Waals surface area contributed by atoms with E-state index in [1.807, 2.05) is 0 Å². The summed E-state index contributed by atoms with van der Waals surface area (Å²) in [5.41, 5.74) is -0.823. The molecular formula is C11H19NO4. The van der Waals surface area contributed by atoms with Gasteiger partial charge >= 0.3 is 5.97 Å². The number of esters is 1. The fourth-order valence-electron chi connectivity index (χ4n) is 2.30. The number of aliphatic hydroxyl groups is 1. The third kappa shape index (κ3) is 2.41. The lowest BCUT2D eigenvalue weighted by Gasteiger charge is -2.32. The number of hydrogen-bond donors (Lipinski definition) is 1. The van der Waals surface area contributed by atoms with Crippen LogP contribution in [0.15, 0.2) is 0 Å². The van der Waals surface area contributed by atoms with Crippen molar-refractivity contribution in [2.45, 2.75) is 37.8 Å². The Morgan fingerprint density at radius 1 is 1.69 bits per heavy atom. The number of rotatable bonds is 5. The minimum absolute atomic E-state index is 0.301. The van der Waals surface area contributed by atoms with Gasteiger partial charge in [0, 0.05) is 19.4 Å². The quantitative estimate of drug-likeness (QED) is 0.529. The summed E-state index contributed by atoms with van der Waals surface area (Å²) >= 11 is 0. The summed E-state index contributed by atoms with van der Waals surface area (Å²) in [6.07, 6.45) is 1.31. The van der Waals surface area contributed by atoms with Crippen LogP contribution in [-0.2, 0) is 14.3 Å². The average Bonchev–Trinajstić information content (AvgIpc) is 2.52. The predicted molar refractivity (Wildman–Crippen MR) is 57.9 cm³/mol. The largest absolute Gasteiger partial charge is 0.465 e. The smallest absolute Gasteiger partial charge is 0.326 e. The van der Waals surface area contributed by atoms with Crippen LogP contribution >= 0.6 is 0 Å². The minimum atomic E-state index is -0.823. The van der Waals surface area contributed by atoms with Crippen LogP contribution in [0.3, 0.4) is 0 Å². The second-order valence-electron chi connectivity index (χ2n) is 4.20. The van der Waals surface area contributed by atoms with E-state index in [-0.39, 0.29) is 5.97 Å². The monoisotopic (exact) mass is 229 g/mol. The number of hydrogen-bond acceptors (Lipinski definition) is 5. The van der Waals surface area contributed by atoms with Gasteiger partial charge in [0.25, 0.3) is 0 Å². The summed E-state index contributed by atoms with van der Waals surface area (Å²) in [5, 5.41) is 9.61. The number of likely N-dealkylation sites (N-methyl/N-ethyl adjacent to an activating group) is 1. The van der Waals surface area contributed by atoms with E-state index in [1.165, 1.54) is 0 Å². The molecule has 0 aromatic carbocycles. The zero-order valence-corrected chi connectivity index (χ0v) is 9.81. The van der Waals surface area contributed by atoms with E-state index in [4.69, 9.17) is 4.74 Å². The van der Waals surface area contributed by atoms with Crippen molar-refractivity contribution in [3.05, 3.63) is 0 Å². The van der Waals surface area contributed by atoms with E-state index in [2.05, 4.69) is 0 Å². The molecule has 0 aliphatic carbocycles. The molecule has 1 aliphatic rings. The maximum absolute atomic E-state index is 11.9. The highest BCUT2D eigenvalue weighted by atomic mass is 16.5. The minimum Gasteiger partial charge on any atom is -0.465 e. The summed E-state index contributed by atoms with van der Waals surface area (Å²) in [4.78, 5) is 24.2. The first kappa shape index (κ1) is 13.1. The number of carbonyl (C=O) groups excluding carboxylic acids is 2. The highest BCUT2D eigenvalue weighted by Gasteiger charge is 2.49. The van der Waals surface area contributed by atoms with Crippen LogP contribution < -0.4 is 0 Å². The van der Waals surface area contributed by atoms with Crippen LogP contribution in [0.5, 0.6) is 0 Å². The fourth-order valence-corrected chi connectivity index (χ4v) is 2.30. The second-order valence-corrected chi connectivity index (χ2v) is 4.20. The van der Waals surface area contributed by atoms with Crippen LogP contribution in [-0.4, -0.2) is 54.1 Å². The van der Waals surface area contributed by atoms with Crippen molar-refractivity contribution in [3.63, 3.8) is 0 Å². The maximum atomic E-state index is 11.9. The molecule has 0 amide bonds. The van der Waals surface area contributed by atoms with Crippen molar-refractivity contribution in [1.82, 2.24) is 4.90 Å². The predicted octanol–water partition coefficient (Wildman–Crippen LogP) is -0.0362. The molecule has 2 atom stereocenters. The Kier molecular flexibility index (Phi) is 4.44. The van der Waals surface area contributed by atoms with Crippen molar-refractivity contribution in [2.24, 2.45) is 0 Å². The van der Waals surface area contributed by atoms with Crippen molar-refractivity contribution in [3.8, 4) is 0 Å². The Balaban J connectivity index is 2.83. The Morgan fingerprint density at radius 3 is 2.81 bits per heavy atom. The Bertz CT molecular complexity index is 269. The lowest BCUT2D eigenvalue weighted by Crippen LogP contribution is -2.49. The number of ether oxygens (including phenoxy) is 1. The molecule has 1 fully saturated rings. The van der Waals surface area contributed by atoms with Crippen molar-refractivity contribution >= 4 is 12.3 Å². The Hall–Kier alpha value is -0.940. The summed E-state index contributed by atoms with van der Waals surface area (Å²) in [5.74, 6) is -0.337. The SMILES string of the molecule is CCOC(=O)C1(CCC=O)CC(O)CN1C. The fraction of sp³-hybridized carbons (Fsp3) is 0.818. The van der Waals surface area contributed by atoms with Gasteiger partial charge in [0.05, 0.1) is 12.7 Å². The second kappa shape index (κ2) is 5.41. The molecule has 0 saturated carbocycles. The first-order chi connectivity index (χ1) is 7.56. The molecular weight excluding hydrogens is 210 g/mol. The molecule has 0 radical (unpaired) electrons. The molecule has 0 aromatic rings. The normalized spacial score (nSPS) is 30.3. The zero-order chi connectivity index (χ0) is 12.2. The zero-order valence-electron chi connectivity index (χ0n) is 9.81. The lowest BCUT2D eigenvalue weighted by atomic mass is 9.90.